The van der Waals surface area contributed by atoms with Crippen molar-refractivity contribution in [2.24, 2.45) is 0 Å². The molecule has 88 valence electrons. The fraction of sp³-hybridized carbons (Fsp3) is 0.0833. The number of aromatic nitrogens is 1. The van der Waals surface area contributed by atoms with Crippen LogP contribution in [-0.4, -0.2) is 10.1 Å². The lowest BCUT2D eigenvalue weighted by Gasteiger charge is -2.15. The summed E-state index contributed by atoms with van der Waals surface area (Å²) in [6.07, 6.45) is 2.19. The molecule has 1 aromatic heterocycles. The first-order valence-corrected chi connectivity index (χ1v) is 5.39. The van der Waals surface area contributed by atoms with E-state index in [0.717, 1.165) is 0 Å². The molecule has 4 nitrogen and oxygen atoms in total. The molecule has 1 aromatic carbocycles. The second-order valence-corrected chi connectivity index (χ2v) is 4.12. The number of nitrogen functional groups attached to an aromatic ring is 2. The number of benzene rings is 1. The minimum Gasteiger partial charge on any atom is -0.398 e. The summed E-state index contributed by atoms with van der Waals surface area (Å²) >= 11 is 5.80. The summed E-state index contributed by atoms with van der Waals surface area (Å²) in [5.41, 5.74) is 13.6. The molecule has 0 aliphatic heterocycles. The highest BCUT2D eigenvalue weighted by Gasteiger charge is 2.16. The number of hydrogen-bond acceptors (Lipinski definition) is 4. The molecule has 2 aromatic rings. The van der Waals surface area contributed by atoms with E-state index in [1.807, 2.05) is 0 Å². The van der Waals surface area contributed by atoms with Crippen LogP contribution >= 0.6 is 11.6 Å². The van der Waals surface area contributed by atoms with Gasteiger partial charge in [0.05, 0.1) is 0 Å². The van der Waals surface area contributed by atoms with Crippen molar-refractivity contribution in [2.75, 3.05) is 11.5 Å². The molecule has 1 unspecified atom stereocenters. The summed E-state index contributed by atoms with van der Waals surface area (Å²) in [6.45, 7) is 0. The zero-order chi connectivity index (χ0) is 12.4. The zero-order valence-electron chi connectivity index (χ0n) is 8.97. The van der Waals surface area contributed by atoms with E-state index < -0.39 is 6.10 Å². The maximum atomic E-state index is 10.2. The van der Waals surface area contributed by atoms with Gasteiger partial charge in [0.25, 0.3) is 0 Å². The van der Waals surface area contributed by atoms with Crippen molar-refractivity contribution in [3.63, 3.8) is 0 Å². The van der Waals surface area contributed by atoms with Gasteiger partial charge < -0.3 is 16.6 Å². The Hall–Kier alpha value is -1.78. The van der Waals surface area contributed by atoms with Crippen LogP contribution in [0.1, 0.15) is 17.2 Å². The lowest BCUT2D eigenvalue weighted by molar-refractivity contribution is 0.221. The van der Waals surface area contributed by atoms with Crippen molar-refractivity contribution in [3.05, 3.63) is 52.8 Å². The number of nitrogens with zero attached hydrogens (tertiary/aromatic N) is 1. The van der Waals surface area contributed by atoms with E-state index >= 15 is 0 Å². The number of rotatable bonds is 2. The van der Waals surface area contributed by atoms with Crippen LogP contribution in [0.25, 0.3) is 0 Å². The second kappa shape index (κ2) is 4.61. The number of hydrogen-bond donors (Lipinski definition) is 3. The van der Waals surface area contributed by atoms with Crippen LogP contribution in [0.4, 0.5) is 11.4 Å². The van der Waals surface area contributed by atoms with Gasteiger partial charge in [0, 0.05) is 39.9 Å². The molecule has 1 heterocycles. The lowest BCUT2D eigenvalue weighted by atomic mass is 10.0. The number of aliphatic hydroxyl groups is 1. The molecule has 0 bridgehead atoms. The molecule has 0 saturated carbocycles. The van der Waals surface area contributed by atoms with E-state index in [9.17, 15) is 5.11 Å². The van der Waals surface area contributed by atoms with E-state index in [2.05, 4.69) is 4.98 Å². The minimum atomic E-state index is -0.902. The van der Waals surface area contributed by atoms with E-state index in [1.165, 1.54) is 6.20 Å². The summed E-state index contributed by atoms with van der Waals surface area (Å²) in [5.74, 6) is 0. The topological polar surface area (TPSA) is 85.2 Å². The third-order valence-electron chi connectivity index (χ3n) is 2.53. The highest BCUT2D eigenvalue weighted by atomic mass is 35.5. The molecule has 0 radical (unpaired) electrons. The quantitative estimate of drug-likeness (QED) is 0.711. The Morgan fingerprint density at radius 1 is 1.12 bits per heavy atom. The Labute approximate surface area is 104 Å². The third-order valence-corrected chi connectivity index (χ3v) is 2.76. The molecule has 1 atom stereocenters. The molecular formula is C12H12ClN3O. The highest BCUT2D eigenvalue weighted by molar-refractivity contribution is 6.30. The van der Waals surface area contributed by atoms with Crippen LogP contribution in [0.2, 0.25) is 5.02 Å². The summed E-state index contributed by atoms with van der Waals surface area (Å²) in [5, 5.41) is 10.7. The Balaban J connectivity index is 2.44. The molecule has 5 N–H and O–H groups in total. The van der Waals surface area contributed by atoms with Crippen LogP contribution in [0.15, 0.2) is 36.7 Å². The normalized spacial score (nSPS) is 12.4. The van der Waals surface area contributed by atoms with E-state index in [0.29, 0.717) is 27.5 Å². The van der Waals surface area contributed by atoms with Crippen molar-refractivity contribution < 1.29 is 5.11 Å². The van der Waals surface area contributed by atoms with Gasteiger partial charge in [-0.2, -0.15) is 0 Å². The Morgan fingerprint density at radius 2 is 1.88 bits per heavy atom. The van der Waals surface area contributed by atoms with Crippen molar-refractivity contribution in [3.8, 4) is 0 Å². The summed E-state index contributed by atoms with van der Waals surface area (Å²) in [4.78, 5) is 3.93. The smallest absolute Gasteiger partial charge is 0.110 e. The minimum absolute atomic E-state index is 0.424. The largest absolute Gasteiger partial charge is 0.398 e. The third kappa shape index (κ3) is 2.33. The molecule has 0 amide bonds. The molecular weight excluding hydrogens is 238 g/mol. The van der Waals surface area contributed by atoms with Crippen LogP contribution in [0, 0.1) is 0 Å². The predicted octanol–water partition coefficient (Wildman–Crippen LogP) is 1.98. The predicted molar refractivity (Wildman–Crippen MR) is 68.6 cm³/mol. The molecule has 2 rings (SSSR count). The summed E-state index contributed by atoms with van der Waals surface area (Å²) in [6, 6.07) is 6.56. The molecule has 0 spiro atoms. The van der Waals surface area contributed by atoms with Gasteiger partial charge in [0.2, 0.25) is 0 Å². The average molecular weight is 250 g/mol. The molecule has 0 saturated heterocycles. The standard InChI is InChI=1S/C12H12ClN3O/c13-7-1-2-8(11(15)5-7)12(17)9-6-16-4-3-10(9)14/h1-6,12,17H,15H2,(H2,14,16). The first-order chi connectivity index (χ1) is 8.09. The van der Waals surface area contributed by atoms with Gasteiger partial charge in [-0.25, -0.2) is 0 Å². The van der Waals surface area contributed by atoms with Gasteiger partial charge in [-0.05, 0) is 18.2 Å². The number of pyridine rings is 1. The Bertz CT molecular complexity index is 545. The van der Waals surface area contributed by atoms with E-state index in [1.54, 1.807) is 30.5 Å². The van der Waals surface area contributed by atoms with Crippen LogP contribution < -0.4 is 11.5 Å². The Morgan fingerprint density at radius 3 is 2.53 bits per heavy atom. The number of aliphatic hydroxyl groups excluding tert-OH is 1. The molecule has 17 heavy (non-hydrogen) atoms. The van der Waals surface area contributed by atoms with Gasteiger partial charge in [0.1, 0.15) is 6.10 Å². The summed E-state index contributed by atoms with van der Waals surface area (Å²) in [7, 11) is 0. The van der Waals surface area contributed by atoms with Crippen LogP contribution in [0.3, 0.4) is 0 Å². The lowest BCUT2D eigenvalue weighted by Crippen LogP contribution is -2.06. The SMILES string of the molecule is Nc1cc(Cl)ccc1C(O)c1cnccc1N. The fourth-order valence-corrected chi connectivity index (χ4v) is 1.79. The number of anilines is 2. The number of halogens is 1. The van der Waals surface area contributed by atoms with Crippen molar-refractivity contribution in [1.82, 2.24) is 4.98 Å². The maximum absolute atomic E-state index is 10.2. The molecule has 5 heteroatoms. The maximum Gasteiger partial charge on any atom is 0.110 e. The number of nitrogens with two attached hydrogens (primary N) is 2. The first-order valence-electron chi connectivity index (χ1n) is 5.02. The highest BCUT2D eigenvalue weighted by Crippen LogP contribution is 2.30. The van der Waals surface area contributed by atoms with Crippen LogP contribution in [-0.2, 0) is 0 Å². The van der Waals surface area contributed by atoms with Crippen molar-refractivity contribution in [1.29, 1.82) is 0 Å². The molecule has 0 fully saturated rings. The zero-order valence-corrected chi connectivity index (χ0v) is 9.72. The van der Waals surface area contributed by atoms with Gasteiger partial charge >= 0.3 is 0 Å². The van der Waals surface area contributed by atoms with Gasteiger partial charge in [0.15, 0.2) is 0 Å². The first kappa shape index (κ1) is 11.7. The second-order valence-electron chi connectivity index (χ2n) is 3.68. The Kier molecular flexibility index (Phi) is 3.17. The average Bonchev–Trinajstić information content (AvgIpc) is 2.29. The fourth-order valence-electron chi connectivity index (χ4n) is 1.61. The summed E-state index contributed by atoms with van der Waals surface area (Å²) < 4.78 is 0. The van der Waals surface area contributed by atoms with Crippen molar-refractivity contribution in [2.45, 2.75) is 6.10 Å². The van der Waals surface area contributed by atoms with Crippen molar-refractivity contribution >= 4 is 23.0 Å². The van der Waals surface area contributed by atoms with Gasteiger partial charge in [-0.1, -0.05) is 17.7 Å². The molecule has 0 aliphatic carbocycles. The van der Waals surface area contributed by atoms with Gasteiger partial charge in [-0.15, -0.1) is 0 Å². The molecule has 0 aliphatic rings. The van der Waals surface area contributed by atoms with E-state index in [-0.39, 0.29) is 0 Å². The monoisotopic (exact) mass is 249 g/mol. The van der Waals surface area contributed by atoms with E-state index in [4.69, 9.17) is 23.1 Å². The van der Waals surface area contributed by atoms with Gasteiger partial charge in [-0.3, -0.25) is 4.98 Å². The van der Waals surface area contributed by atoms with Crippen LogP contribution in [0.5, 0.6) is 0 Å².